The minimum Gasteiger partial charge on any atom is -0.350 e. The van der Waals surface area contributed by atoms with Crippen LogP contribution in [0.2, 0.25) is 0 Å². The highest BCUT2D eigenvalue weighted by Gasteiger charge is 2.17. The van der Waals surface area contributed by atoms with Crippen molar-refractivity contribution in [3.8, 4) is 0 Å². The summed E-state index contributed by atoms with van der Waals surface area (Å²) in [5, 5.41) is 18.0. The molecule has 0 aliphatic heterocycles. The maximum atomic E-state index is 12.1. The normalized spacial score (nSPS) is 10.7. The Morgan fingerprint density at radius 2 is 2.21 bits per heavy atom. The van der Waals surface area contributed by atoms with E-state index in [0.29, 0.717) is 18.7 Å². The average Bonchev–Trinajstić information content (AvgIpc) is 2.97. The Bertz CT molecular complexity index is 558. The zero-order chi connectivity index (χ0) is 13.8. The predicted octanol–water partition coefficient (Wildman–Crippen LogP) is -0.0637. The van der Waals surface area contributed by atoms with Crippen LogP contribution in [0, 0.1) is 13.8 Å². The predicted molar refractivity (Wildman–Crippen MR) is 67.5 cm³/mol. The highest BCUT2D eigenvalue weighted by Crippen LogP contribution is 2.12. The lowest BCUT2D eigenvalue weighted by Gasteiger charge is -2.05. The molecule has 0 radical (unpaired) electrons. The van der Waals surface area contributed by atoms with Crippen LogP contribution in [0.4, 0.5) is 0 Å². The zero-order valence-electron chi connectivity index (χ0n) is 11.3. The monoisotopic (exact) mass is 263 g/mol. The largest absolute Gasteiger partial charge is 0.350 e. The van der Waals surface area contributed by atoms with Crippen LogP contribution in [0.3, 0.4) is 0 Å². The molecule has 2 heterocycles. The number of hydrogen-bond acceptors (Lipinski definition) is 5. The fraction of sp³-hybridized carbons (Fsp3) is 0.545. The summed E-state index contributed by atoms with van der Waals surface area (Å²) in [5.74, 6) is -0.109. The molecular weight excluding hydrogens is 246 g/mol. The smallest absolute Gasteiger partial charge is 0.255 e. The lowest BCUT2D eigenvalue weighted by atomic mass is 10.2. The summed E-state index contributed by atoms with van der Waals surface area (Å²) in [7, 11) is 0. The van der Waals surface area contributed by atoms with Gasteiger partial charge in [0.25, 0.3) is 5.91 Å². The molecule has 8 nitrogen and oxygen atoms in total. The van der Waals surface area contributed by atoms with Crippen molar-refractivity contribution in [3.63, 3.8) is 0 Å². The van der Waals surface area contributed by atoms with Crippen molar-refractivity contribution >= 4 is 5.91 Å². The van der Waals surface area contributed by atoms with Crippen molar-refractivity contribution in [1.29, 1.82) is 0 Å². The van der Waals surface area contributed by atoms with E-state index in [2.05, 4.69) is 25.9 Å². The van der Waals surface area contributed by atoms with E-state index in [0.717, 1.165) is 17.9 Å². The number of hydrogen-bond donors (Lipinski definition) is 1. The van der Waals surface area contributed by atoms with Gasteiger partial charge in [-0.2, -0.15) is 5.10 Å². The Morgan fingerprint density at radius 1 is 1.42 bits per heavy atom. The van der Waals surface area contributed by atoms with E-state index in [1.165, 1.54) is 6.33 Å². The van der Waals surface area contributed by atoms with Crippen molar-refractivity contribution in [1.82, 2.24) is 35.3 Å². The number of nitrogens with one attached hydrogen (secondary N) is 1. The lowest BCUT2D eigenvalue weighted by molar-refractivity contribution is 0.0950. The van der Waals surface area contributed by atoms with Crippen LogP contribution in [0.5, 0.6) is 0 Å². The molecule has 0 spiro atoms. The van der Waals surface area contributed by atoms with E-state index in [1.54, 1.807) is 4.68 Å². The van der Waals surface area contributed by atoms with Crippen molar-refractivity contribution in [2.24, 2.45) is 0 Å². The van der Waals surface area contributed by atoms with Gasteiger partial charge >= 0.3 is 0 Å². The third kappa shape index (κ3) is 2.78. The molecule has 1 amide bonds. The molecule has 1 N–H and O–H groups in total. The Labute approximate surface area is 110 Å². The van der Waals surface area contributed by atoms with Gasteiger partial charge in [-0.05, 0) is 31.2 Å². The molecule has 0 saturated carbocycles. The van der Waals surface area contributed by atoms with E-state index in [1.807, 2.05) is 25.5 Å². The third-order valence-corrected chi connectivity index (χ3v) is 2.93. The Kier molecular flexibility index (Phi) is 3.88. The van der Waals surface area contributed by atoms with Crippen molar-refractivity contribution in [2.75, 3.05) is 6.54 Å². The quantitative estimate of drug-likeness (QED) is 0.816. The molecule has 2 aromatic rings. The van der Waals surface area contributed by atoms with Gasteiger partial charge in [0, 0.05) is 18.8 Å². The molecule has 0 atom stereocenters. The first-order chi connectivity index (χ1) is 9.13. The van der Waals surface area contributed by atoms with E-state index in [-0.39, 0.29) is 5.91 Å². The molecule has 0 aliphatic carbocycles. The zero-order valence-corrected chi connectivity index (χ0v) is 11.3. The number of tetrazole rings is 1. The molecule has 0 fully saturated rings. The molecule has 2 aromatic heterocycles. The van der Waals surface area contributed by atoms with Crippen molar-refractivity contribution in [3.05, 3.63) is 23.3 Å². The second-order valence-electron chi connectivity index (χ2n) is 4.19. The van der Waals surface area contributed by atoms with Crippen LogP contribution in [0.15, 0.2) is 6.33 Å². The number of rotatable bonds is 5. The molecule has 0 bridgehead atoms. The van der Waals surface area contributed by atoms with Gasteiger partial charge in [0.2, 0.25) is 0 Å². The second kappa shape index (κ2) is 5.59. The molecular formula is C11H17N7O. The first-order valence-electron chi connectivity index (χ1n) is 6.16. The topological polar surface area (TPSA) is 90.5 Å². The van der Waals surface area contributed by atoms with E-state index >= 15 is 0 Å². The maximum absolute atomic E-state index is 12.1. The van der Waals surface area contributed by atoms with Gasteiger partial charge in [0.1, 0.15) is 6.33 Å². The highest BCUT2D eigenvalue weighted by molar-refractivity contribution is 5.96. The molecule has 8 heteroatoms. The Morgan fingerprint density at radius 3 is 2.79 bits per heavy atom. The van der Waals surface area contributed by atoms with Crippen LogP contribution in [0.25, 0.3) is 0 Å². The van der Waals surface area contributed by atoms with Crippen LogP contribution in [0.1, 0.15) is 28.7 Å². The van der Waals surface area contributed by atoms with Crippen LogP contribution >= 0.6 is 0 Å². The number of amides is 1. The van der Waals surface area contributed by atoms with Crippen LogP contribution in [-0.2, 0) is 13.1 Å². The number of carbonyl (C=O) groups excluding carboxylic acids is 1. The first kappa shape index (κ1) is 13.2. The minimum absolute atomic E-state index is 0.109. The van der Waals surface area contributed by atoms with Gasteiger partial charge in [-0.1, -0.05) is 0 Å². The summed E-state index contributed by atoms with van der Waals surface area (Å²) in [6, 6.07) is 0. The van der Waals surface area contributed by atoms with Gasteiger partial charge in [0.15, 0.2) is 0 Å². The molecule has 102 valence electrons. The number of aromatic nitrogens is 6. The minimum atomic E-state index is -0.109. The number of nitrogens with zero attached hydrogens (tertiary/aromatic N) is 6. The van der Waals surface area contributed by atoms with Gasteiger partial charge in [-0.15, -0.1) is 5.10 Å². The average molecular weight is 263 g/mol. The van der Waals surface area contributed by atoms with E-state index in [9.17, 15) is 4.79 Å². The summed E-state index contributed by atoms with van der Waals surface area (Å²) >= 11 is 0. The standard InChI is InChI=1S/C11H17N7O/c1-4-18-9(3)10(8(2)14-18)11(19)12-5-6-17-7-13-15-16-17/h7H,4-6H2,1-3H3,(H,12,19). The first-order valence-corrected chi connectivity index (χ1v) is 6.16. The van der Waals surface area contributed by atoms with Gasteiger partial charge in [0.05, 0.1) is 17.8 Å². The molecule has 2 rings (SSSR count). The highest BCUT2D eigenvalue weighted by atomic mass is 16.1. The van der Waals surface area contributed by atoms with Crippen LogP contribution in [-0.4, -0.2) is 42.4 Å². The fourth-order valence-electron chi connectivity index (χ4n) is 1.99. The number of carbonyl (C=O) groups is 1. The van der Waals surface area contributed by atoms with Crippen molar-refractivity contribution < 1.29 is 4.79 Å². The lowest BCUT2D eigenvalue weighted by Crippen LogP contribution is -2.28. The summed E-state index contributed by atoms with van der Waals surface area (Å²) in [4.78, 5) is 12.1. The molecule has 0 unspecified atom stereocenters. The van der Waals surface area contributed by atoms with Crippen molar-refractivity contribution in [2.45, 2.75) is 33.9 Å². The molecule has 0 aliphatic rings. The SMILES string of the molecule is CCn1nc(C)c(C(=O)NCCn2cnnn2)c1C. The van der Waals surface area contributed by atoms with Crippen LogP contribution < -0.4 is 5.32 Å². The Balaban J connectivity index is 1.98. The van der Waals surface area contributed by atoms with Gasteiger partial charge in [-0.3, -0.25) is 9.48 Å². The molecule has 0 aromatic carbocycles. The third-order valence-electron chi connectivity index (χ3n) is 2.93. The van der Waals surface area contributed by atoms with Gasteiger partial charge in [-0.25, -0.2) is 4.68 Å². The molecule has 19 heavy (non-hydrogen) atoms. The molecule has 0 saturated heterocycles. The summed E-state index contributed by atoms with van der Waals surface area (Å²) in [6.45, 7) is 7.51. The Hall–Kier alpha value is -2.25. The number of aryl methyl sites for hydroxylation is 2. The summed E-state index contributed by atoms with van der Waals surface area (Å²) < 4.78 is 3.39. The summed E-state index contributed by atoms with van der Waals surface area (Å²) in [5.41, 5.74) is 2.29. The van der Waals surface area contributed by atoms with E-state index < -0.39 is 0 Å². The second-order valence-corrected chi connectivity index (χ2v) is 4.19. The van der Waals surface area contributed by atoms with Gasteiger partial charge < -0.3 is 5.32 Å². The fourth-order valence-corrected chi connectivity index (χ4v) is 1.99. The van der Waals surface area contributed by atoms with E-state index in [4.69, 9.17) is 0 Å². The maximum Gasteiger partial charge on any atom is 0.255 e. The summed E-state index contributed by atoms with van der Waals surface area (Å²) in [6.07, 6.45) is 1.51.